The third-order valence-electron chi connectivity index (χ3n) is 1.95. The van der Waals surface area contributed by atoms with Crippen LogP contribution in [0.2, 0.25) is 0 Å². The highest BCUT2D eigenvalue weighted by molar-refractivity contribution is 6.82. The first-order valence-electron chi connectivity index (χ1n) is 5.10. The maximum atomic E-state index is 10.8. The van der Waals surface area contributed by atoms with Gasteiger partial charge in [-0.1, -0.05) is 27.7 Å². The van der Waals surface area contributed by atoms with Gasteiger partial charge in [0.15, 0.2) is 0 Å². The first kappa shape index (κ1) is 13.6. The average Bonchev–Trinajstić information content (AvgIpc) is 2.01. The Hall–Kier alpha value is -0.370. The molecule has 0 rings (SSSR count). The predicted octanol–water partition coefficient (Wildman–Crippen LogP) is 3.43. The van der Waals surface area contributed by atoms with E-state index in [4.69, 9.17) is 11.6 Å². The van der Waals surface area contributed by atoms with Crippen LogP contribution >= 0.6 is 11.6 Å². The normalized spacial score (nSPS) is 13.1. The van der Waals surface area contributed by atoms with Gasteiger partial charge in [-0.2, -0.15) is 0 Å². The van der Waals surface area contributed by atoms with Crippen LogP contribution in [0.4, 0.5) is 0 Å². The zero-order valence-corrected chi connectivity index (χ0v) is 10.3. The Morgan fingerprint density at radius 2 is 1.93 bits per heavy atom. The van der Waals surface area contributed by atoms with Crippen LogP contribution < -0.4 is 0 Å². The number of hydrogen-bond donors (Lipinski definition) is 0. The highest BCUT2D eigenvalue weighted by atomic mass is 35.5. The van der Waals surface area contributed by atoms with Crippen molar-refractivity contribution < 1.29 is 4.79 Å². The molecule has 0 heterocycles. The van der Waals surface area contributed by atoms with Gasteiger partial charge in [0.2, 0.25) is 0 Å². The summed E-state index contributed by atoms with van der Waals surface area (Å²) in [5, 5.41) is -0.414. The Labute approximate surface area is 91.7 Å². The lowest BCUT2D eigenvalue weighted by atomic mass is 9.91. The molecule has 0 amide bonds. The van der Waals surface area contributed by atoms with Gasteiger partial charge in [0.1, 0.15) is 0 Å². The van der Waals surface area contributed by atoms with Crippen LogP contribution in [0, 0.1) is 5.41 Å². The van der Waals surface area contributed by atoms with Crippen molar-refractivity contribution in [1.82, 2.24) is 0 Å². The summed E-state index contributed by atoms with van der Waals surface area (Å²) in [4.78, 5) is 15.0. The van der Waals surface area contributed by atoms with Crippen LogP contribution in [0.25, 0.3) is 0 Å². The SMILES string of the molecule is CCC(=NCCCC(C)(C)C)C(=O)Cl. The lowest BCUT2D eigenvalue weighted by Crippen LogP contribution is -2.08. The number of nitrogens with zero attached hydrogens (tertiary/aromatic N) is 1. The first-order chi connectivity index (χ1) is 6.37. The van der Waals surface area contributed by atoms with E-state index < -0.39 is 5.24 Å². The van der Waals surface area contributed by atoms with E-state index in [0.29, 0.717) is 24.1 Å². The Morgan fingerprint density at radius 3 is 2.29 bits per heavy atom. The van der Waals surface area contributed by atoms with Gasteiger partial charge in [0.05, 0.1) is 5.71 Å². The minimum atomic E-state index is -0.414. The maximum Gasteiger partial charge on any atom is 0.266 e. The molecule has 0 aliphatic rings. The molecule has 0 saturated heterocycles. The zero-order chi connectivity index (χ0) is 11.2. The van der Waals surface area contributed by atoms with Crippen LogP contribution in [0.3, 0.4) is 0 Å². The second-order valence-electron chi connectivity index (χ2n) is 4.62. The van der Waals surface area contributed by atoms with Crippen molar-refractivity contribution >= 4 is 22.6 Å². The third kappa shape index (κ3) is 7.07. The molecule has 0 spiro atoms. The standard InChI is InChI=1S/C11H20ClNO/c1-5-9(10(12)14)13-8-6-7-11(2,3)4/h5-8H2,1-4H3. The summed E-state index contributed by atoms with van der Waals surface area (Å²) in [5.41, 5.74) is 0.841. The van der Waals surface area contributed by atoms with Gasteiger partial charge in [-0.25, -0.2) is 0 Å². The Bertz CT molecular complexity index is 216. The van der Waals surface area contributed by atoms with E-state index in [1.165, 1.54) is 0 Å². The lowest BCUT2D eigenvalue weighted by Gasteiger charge is -2.16. The second-order valence-corrected chi connectivity index (χ2v) is 4.96. The van der Waals surface area contributed by atoms with E-state index in [-0.39, 0.29) is 0 Å². The summed E-state index contributed by atoms with van der Waals surface area (Å²) in [6, 6.07) is 0. The molecule has 3 heteroatoms. The van der Waals surface area contributed by atoms with Gasteiger partial charge in [-0.05, 0) is 36.3 Å². The first-order valence-corrected chi connectivity index (χ1v) is 5.48. The summed E-state index contributed by atoms with van der Waals surface area (Å²) in [5.74, 6) is 0. The molecular weight excluding hydrogens is 198 g/mol. The van der Waals surface area contributed by atoms with Crippen molar-refractivity contribution in [3.8, 4) is 0 Å². The molecule has 0 N–H and O–H groups in total. The predicted molar refractivity (Wildman–Crippen MR) is 62.1 cm³/mol. The molecule has 14 heavy (non-hydrogen) atoms. The largest absolute Gasteiger partial charge is 0.285 e. The molecule has 0 aromatic rings. The molecule has 0 aromatic carbocycles. The molecule has 0 radical (unpaired) electrons. The van der Waals surface area contributed by atoms with Gasteiger partial charge >= 0.3 is 0 Å². The van der Waals surface area contributed by atoms with Crippen molar-refractivity contribution in [2.24, 2.45) is 10.4 Å². The van der Waals surface area contributed by atoms with Crippen molar-refractivity contribution in [3.05, 3.63) is 0 Å². The summed E-state index contributed by atoms with van der Waals surface area (Å²) in [7, 11) is 0. The number of halogens is 1. The topological polar surface area (TPSA) is 29.4 Å². The van der Waals surface area contributed by atoms with Crippen LogP contribution in [-0.4, -0.2) is 17.5 Å². The highest BCUT2D eigenvalue weighted by Gasteiger charge is 2.09. The molecule has 0 unspecified atom stereocenters. The van der Waals surface area contributed by atoms with Crippen molar-refractivity contribution in [2.75, 3.05) is 6.54 Å². The van der Waals surface area contributed by atoms with Gasteiger partial charge in [0, 0.05) is 6.54 Å². The van der Waals surface area contributed by atoms with Crippen LogP contribution in [0.1, 0.15) is 47.0 Å². The lowest BCUT2D eigenvalue weighted by molar-refractivity contribution is -0.106. The van der Waals surface area contributed by atoms with Crippen LogP contribution in [0.15, 0.2) is 4.99 Å². The fourth-order valence-electron chi connectivity index (χ4n) is 1.14. The summed E-state index contributed by atoms with van der Waals surface area (Å²) in [6.45, 7) is 9.19. The van der Waals surface area contributed by atoms with E-state index in [1.807, 2.05) is 6.92 Å². The van der Waals surface area contributed by atoms with E-state index in [0.717, 1.165) is 12.8 Å². The number of rotatable bonds is 5. The maximum absolute atomic E-state index is 10.8. The van der Waals surface area contributed by atoms with E-state index in [9.17, 15) is 4.79 Å². The smallest absolute Gasteiger partial charge is 0.266 e. The van der Waals surface area contributed by atoms with Crippen molar-refractivity contribution in [2.45, 2.75) is 47.0 Å². The van der Waals surface area contributed by atoms with Gasteiger partial charge in [-0.15, -0.1) is 0 Å². The monoisotopic (exact) mass is 217 g/mol. The Morgan fingerprint density at radius 1 is 1.36 bits per heavy atom. The molecule has 0 atom stereocenters. The summed E-state index contributed by atoms with van der Waals surface area (Å²) in [6.07, 6.45) is 2.75. The number of carbonyl (C=O) groups is 1. The molecule has 2 nitrogen and oxygen atoms in total. The van der Waals surface area contributed by atoms with Crippen LogP contribution in [-0.2, 0) is 4.79 Å². The van der Waals surface area contributed by atoms with Gasteiger partial charge in [-0.3, -0.25) is 9.79 Å². The minimum absolute atomic E-state index is 0.340. The third-order valence-corrected chi connectivity index (χ3v) is 2.17. The minimum Gasteiger partial charge on any atom is -0.285 e. The van der Waals surface area contributed by atoms with Crippen molar-refractivity contribution in [3.63, 3.8) is 0 Å². The van der Waals surface area contributed by atoms with E-state index >= 15 is 0 Å². The van der Waals surface area contributed by atoms with Gasteiger partial charge < -0.3 is 0 Å². The second kappa shape index (κ2) is 6.18. The highest BCUT2D eigenvalue weighted by Crippen LogP contribution is 2.20. The number of carbonyl (C=O) groups excluding carboxylic acids is 1. The summed E-state index contributed by atoms with van der Waals surface area (Å²) >= 11 is 5.34. The molecule has 82 valence electrons. The average molecular weight is 218 g/mol. The quantitative estimate of drug-likeness (QED) is 0.394. The Balaban J connectivity index is 3.86. The van der Waals surface area contributed by atoms with Crippen molar-refractivity contribution in [1.29, 1.82) is 0 Å². The molecule has 0 aromatic heterocycles. The molecule has 0 aliphatic heterocycles. The van der Waals surface area contributed by atoms with Gasteiger partial charge in [0.25, 0.3) is 5.24 Å². The molecular formula is C11H20ClNO. The van der Waals surface area contributed by atoms with E-state index in [1.54, 1.807) is 0 Å². The zero-order valence-electron chi connectivity index (χ0n) is 9.56. The number of hydrogen-bond acceptors (Lipinski definition) is 2. The molecule has 0 aliphatic carbocycles. The fraction of sp³-hybridized carbons (Fsp3) is 0.818. The van der Waals surface area contributed by atoms with Crippen LogP contribution in [0.5, 0.6) is 0 Å². The molecule has 0 bridgehead atoms. The molecule has 0 fully saturated rings. The van der Waals surface area contributed by atoms with E-state index in [2.05, 4.69) is 25.8 Å². The fourth-order valence-corrected chi connectivity index (χ4v) is 1.33. The number of aliphatic imine (C=N–C) groups is 1. The summed E-state index contributed by atoms with van der Waals surface area (Å²) < 4.78 is 0. The Kier molecular flexibility index (Phi) is 6.01. The molecule has 0 saturated carbocycles.